The van der Waals surface area contributed by atoms with Gasteiger partial charge in [-0.2, -0.15) is 0 Å². The Morgan fingerprint density at radius 3 is 2.40 bits per heavy atom. The lowest BCUT2D eigenvalue weighted by Gasteiger charge is -2.16. The molecule has 1 amide bonds. The highest BCUT2D eigenvalue weighted by Crippen LogP contribution is 2.21. The van der Waals surface area contributed by atoms with Crippen LogP contribution in [0.25, 0.3) is 11.1 Å². The van der Waals surface area contributed by atoms with E-state index in [1.165, 1.54) is 0 Å². The molecule has 2 aromatic rings. The van der Waals surface area contributed by atoms with Gasteiger partial charge in [0.05, 0.1) is 12.1 Å². The number of hydrogen-bond acceptors (Lipinski definition) is 3. The predicted octanol–water partition coefficient (Wildman–Crippen LogP) is 2.27. The second-order valence-electron chi connectivity index (χ2n) is 4.88. The van der Waals surface area contributed by atoms with Crippen LogP contribution >= 0.6 is 0 Å². The SMILES string of the molecule is CC(NC(=O)[C@@H](C)N)c1ccc(-c2cccnc2)cc1. The zero-order chi connectivity index (χ0) is 14.5. The summed E-state index contributed by atoms with van der Waals surface area (Å²) < 4.78 is 0. The fraction of sp³-hybridized carbons (Fsp3) is 0.250. The summed E-state index contributed by atoms with van der Waals surface area (Å²) in [6.45, 7) is 3.62. The van der Waals surface area contributed by atoms with E-state index < -0.39 is 6.04 Å². The third-order valence-corrected chi connectivity index (χ3v) is 3.18. The molecule has 0 aliphatic carbocycles. The van der Waals surface area contributed by atoms with Gasteiger partial charge in [-0.25, -0.2) is 0 Å². The summed E-state index contributed by atoms with van der Waals surface area (Å²) in [4.78, 5) is 15.7. The fourth-order valence-electron chi connectivity index (χ4n) is 1.93. The minimum absolute atomic E-state index is 0.0588. The maximum Gasteiger partial charge on any atom is 0.237 e. The van der Waals surface area contributed by atoms with E-state index in [9.17, 15) is 4.79 Å². The molecule has 0 saturated carbocycles. The molecule has 0 spiro atoms. The highest BCUT2D eigenvalue weighted by atomic mass is 16.2. The van der Waals surface area contributed by atoms with Gasteiger partial charge in [0.25, 0.3) is 0 Å². The largest absolute Gasteiger partial charge is 0.348 e. The lowest BCUT2D eigenvalue weighted by Crippen LogP contribution is -2.39. The molecule has 1 aromatic carbocycles. The van der Waals surface area contributed by atoms with Crippen LogP contribution in [-0.2, 0) is 4.79 Å². The number of amides is 1. The van der Waals surface area contributed by atoms with E-state index in [-0.39, 0.29) is 11.9 Å². The van der Waals surface area contributed by atoms with Crippen LogP contribution in [0.3, 0.4) is 0 Å². The predicted molar refractivity (Wildman–Crippen MR) is 79.9 cm³/mol. The molecular formula is C16H19N3O. The summed E-state index contributed by atoms with van der Waals surface area (Å²) in [5, 5.41) is 2.88. The first-order valence-electron chi connectivity index (χ1n) is 6.64. The number of pyridine rings is 1. The Balaban J connectivity index is 2.10. The molecule has 104 valence electrons. The van der Waals surface area contributed by atoms with E-state index in [0.29, 0.717) is 0 Å². The minimum atomic E-state index is -0.493. The van der Waals surface area contributed by atoms with Gasteiger partial charge in [-0.15, -0.1) is 0 Å². The van der Waals surface area contributed by atoms with Crippen molar-refractivity contribution >= 4 is 5.91 Å². The highest BCUT2D eigenvalue weighted by Gasteiger charge is 2.12. The summed E-state index contributed by atoms with van der Waals surface area (Å²) in [7, 11) is 0. The Morgan fingerprint density at radius 2 is 1.85 bits per heavy atom. The quantitative estimate of drug-likeness (QED) is 0.894. The summed E-state index contributed by atoms with van der Waals surface area (Å²) in [6, 6.07) is 11.5. The zero-order valence-electron chi connectivity index (χ0n) is 11.7. The van der Waals surface area contributed by atoms with E-state index in [0.717, 1.165) is 16.7 Å². The summed E-state index contributed by atoms with van der Waals surface area (Å²) >= 11 is 0. The van der Waals surface area contributed by atoms with Gasteiger partial charge in [-0.05, 0) is 36.6 Å². The first-order chi connectivity index (χ1) is 9.58. The Labute approximate surface area is 119 Å². The van der Waals surface area contributed by atoms with Gasteiger partial charge < -0.3 is 11.1 Å². The highest BCUT2D eigenvalue weighted by molar-refractivity contribution is 5.81. The van der Waals surface area contributed by atoms with Crippen molar-refractivity contribution in [1.29, 1.82) is 0 Å². The van der Waals surface area contributed by atoms with Gasteiger partial charge in [0, 0.05) is 12.4 Å². The summed E-state index contributed by atoms with van der Waals surface area (Å²) in [5.74, 6) is -0.145. The van der Waals surface area contributed by atoms with Crippen LogP contribution in [0.5, 0.6) is 0 Å². The molecule has 4 heteroatoms. The first-order valence-corrected chi connectivity index (χ1v) is 6.64. The number of carbonyl (C=O) groups is 1. The molecule has 0 aliphatic heterocycles. The van der Waals surface area contributed by atoms with Gasteiger partial charge in [-0.1, -0.05) is 30.3 Å². The van der Waals surface area contributed by atoms with Gasteiger partial charge in [0.2, 0.25) is 5.91 Å². The van der Waals surface area contributed by atoms with Crippen LogP contribution in [0.2, 0.25) is 0 Å². The normalized spacial score (nSPS) is 13.6. The van der Waals surface area contributed by atoms with Gasteiger partial charge in [-0.3, -0.25) is 9.78 Å². The number of carbonyl (C=O) groups excluding carboxylic acids is 1. The molecule has 1 unspecified atom stereocenters. The van der Waals surface area contributed by atoms with Crippen molar-refractivity contribution in [3.05, 3.63) is 54.4 Å². The molecule has 1 aromatic heterocycles. The molecule has 20 heavy (non-hydrogen) atoms. The van der Waals surface area contributed by atoms with Crippen molar-refractivity contribution in [2.24, 2.45) is 5.73 Å². The molecule has 0 fully saturated rings. The first kappa shape index (κ1) is 14.2. The maximum atomic E-state index is 11.6. The van der Waals surface area contributed by atoms with Crippen LogP contribution in [0.15, 0.2) is 48.8 Å². The van der Waals surface area contributed by atoms with Crippen molar-refractivity contribution in [2.75, 3.05) is 0 Å². The molecule has 4 nitrogen and oxygen atoms in total. The number of nitrogens with zero attached hydrogens (tertiary/aromatic N) is 1. The Bertz CT molecular complexity index is 564. The molecule has 0 bridgehead atoms. The molecule has 3 N–H and O–H groups in total. The van der Waals surface area contributed by atoms with Crippen molar-refractivity contribution in [3.63, 3.8) is 0 Å². The minimum Gasteiger partial charge on any atom is -0.348 e. The smallest absolute Gasteiger partial charge is 0.237 e. The molecule has 0 aliphatic rings. The third kappa shape index (κ3) is 3.42. The van der Waals surface area contributed by atoms with E-state index in [1.807, 2.05) is 49.5 Å². The molecule has 2 rings (SSSR count). The van der Waals surface area contributed by atoms with Crippen molar-refractivity contribution in [1.82, 2.24) is 10.3 Å². The summed E-state index contributed by atoms with van der Waals surface area (Å²) in [5.41, 5.74) is 8.77. The topological polar surface area (TPSA) is 68.0 Å². The van der Waals surface area contributed by atoms with Crippen LogP contribution in [0.4, 0.5) is 0 Å². The number of nitrogens with one attached hydrogen (secondary N) is 1. The van der Waals surface area contributed by atoms with Crippen LogP contribution in [0.1, 0.15) is 25.5 Å². The summed E-state index contributed by atoms with van der Waals surface area (Å²) in [6.07, 6.45) is 3.58. The second kappa shape index (κ2) is 6.30. The number of aromatic nitrogens is 1. The van der Waals surface area contributed by atoms with E-state index in [2.05, 4.69) is 10.3 Å². The average molecular weight is 269 g/mol. The fourth-order valence-corrected chi connectivity index (χ4v) is 1.93. The standard InChI is InChI=1S/C16H19N3O/c1-11(17)16(20)19-12(2)13-5-7-14(8-6-13)15-4-3-9-18-10-15/h3-12H,17H2,1-2H3,(H,19,20)/t11-,12?/m1/s1. The van der Waals surface area contributed by atoms with E-state index in [4.69, 9.17) is 5.73 Å². The molecule has 2 atom stereocenters. The lowest BCUT2D eigenvalue weighted by atomic mass is 10.0. The molecule has 1 heterocycles. The third-order valence-electron chi connectivity index (χ3n) is 3.18. The van der Waals surface area contributed by atoms with Gasteiger partial charge in [0.1, 0.15) is 0 Å². The van der Waals surface area contributed by atoms with Crippen molar-refractivity contribution in [3.8, 4) is 11.1 Å². The van der Waals surface area contributed by atoms with E-state index in [1.54, 1.807) is 13.1 Å². The van der Waals surface area contributed by atoms with E-state index >= 15 is 0 Å². The maximum absolute atomic E-state index is 11.6. The van der Waals surface area contributed by atoms with Crippen molar-refractivity contribution in [2.45, 2.75) is 25.9 Å². The van der Waals surface area contributed by atoms with Crippen LogP contribution in [-0.4, -0.2) is 16.9 Å². The molecule has 0 radical (unpaired) electrons. The second-order valence-corrected chi connectivity index (χ2v) is 4.88. The Kier molecular flexibility index (Phi) is 4.48. The van der Waals surface area contributed by atoms with Gasteiger partial charge in [0.15, 0.2) is 0 Å². The Morgan fingerprint density at radius 1 is 1.15 bits per heavy atom. The number of rotatable bonds is 4. The van der Waals surface area contributed by atoms with Gasteiger partial charge >= 0.3 is 0 Å². The number of benzene rings is 1. The zero-order valence-corrected chi connectivity index (χ0v) is 11.7. The molecular weight excluding hydrogens is 250 g/mol. The number of hydrogen-bond donors (Lipinski definition) is 2. The average Bonchev–Trinajstić information content (AvgIpc) is 2.48. The van der Waals surface area contributed by atoms with Crippen LogP contribution < -0.4 is 11.1 Å². The number of nitrogens with two attached hydrogens (primary N) is 1. The monoisotopic (exact) mass is 269 g/mol. The Hall–Kier alpha value is -2.20. The van der Waals surface area contributed by atoms with Crippen molar-refractivity contribution < 1.29 is 4.79 Å². The molecule has 0 saturated heterocycles. The van der Waals surface area contributed by atoms with Crippen LogP contribution in [0, 0.1) is 0 Å². The lowest BCUT2D eigenvalue weighted by molar-refractivity contribution is -0.122.